The van der Waals surface area contributed by atoms with Crippen molar-refractivity contribution in [1.29, 1.82) is 5.26 Å². The normalized spacial score (nSPS) is 11.8. The van der Waals surface area contributed by atoms with Crippen LogP contribution in [0.25, 0.3) is 0 Å². The largest absolute Gasteiger partial charge is 0.207 e. The summed E-state index contributed by atoms with van der Waals surface area (Å²) in [5.41, 5.74) is 2.00. The first-order valence-electron chi connectivity index (χ1n) is 6.08. The van der Waals surface area contributed by atoms with E-state index in [-0.39, 0.29) is 11.7 Å². The lowest BCUT2D eigenvalue weighted by atomic mass is 9.93. The van der Waals surface area contributed by atoms with Crippen molar-refractivity contribution < 1.29 is 4.39 Å². The van der Waals surface area contributed by atoms with E-state index in [0.717, 1.165) is 17.5 Å². The summed E-state index contributed by atoms with van der Waals surface area (Å²) in [6, 6.07) is 16.0. The Balaban J connectivity index is 2.02. The molecule has 0 spiro atoms. The molecule has 0 amide bonds. The van der Waals surface area contributed by atoms with Gasteiger partial charge in [-0.1, -0.05) is 35.9 Å². The summed E-state index contributed by atoms with van der Waals surface area (Å²) in [5, 5.41) is 9.91. The number of hydrogen-bond donors (Lipinski definition) is 0. The molecule has 2 aromatic carbocycles. The number of nitrogens with zero attached hydrogens (tertiary/aromatic N) is 1. The summed E-state index contributed by atoms with van der Waals surface area (Å²) in [7, 11) is 0. The Hall–Kier alpha value is -1.85. The van der Waals surface area contributed by atoms with Gasteiger partial charge < -0.3 is 0 Å². The highest BCUT2D eigenvalue weighted by Crippen LogP contribution is 2.22. The van der Waals surface area contributed by atoms with Crippen LogP contribution in [0.2, 0.25) is 5.02 Å². The number of benzene rings is 2. The van der Waals surface area contributed by atoms with Crippen molar-refractivity contribution in [3.8, 4) is 6.07 Å². The fourth-order valence-corrected chi connectivity index (χ4v) is 2.09. The topological polar surface area (TPSA) is 23.8 Å². The second-order valence-corrected chi connectivity index (χ2v) is 4.83. The Bertz CT molecular complexity index is 569. The van der Waals surface area contributed by atoms with Crippen molar-refractivity contribution in [2.24, 2.45) is 0 Å². The predicted molar refractivity (Wildman–Crippen MR) is 74.5 cm³/mol. The van der Waals surface area contributed by atoms with Gasteiger partial charge in [0, 0.05) is 5.02 Å². The van der Waals surface area contributed by atoms with E-state index in [2.05, 4.69) is 6.07 Å². The zero-order valence-corrected chi connectivity index (χ0v) is 11.1. The van der Waals surface area contributed by atoms with Crippen LogP contribution in [0.1, 0.15) is 23.5 Å². The van der Waals surface area contributed by atoms with Crippen LogP contribution in [-0.2, 0) is 6.42 Å². The lowest BCUT2D eigenvalue weighted by molar-refractivity contribution is 0.625. The summed E-state index contributed by atoms with van der Waals surface area (Å²) in [6.45, 7) is 0. The van der Waals surface area contributed by atoms with Gasteiger partial charge in [-0.2, -0.15) is 5.26 Å². The van der Waals surface area contributed by atoms with Gasteiger partial charge in [-0.15, -0.1) is 0 Å². The maximum atomic E-state index is 12.8. The Morgan fingerprint density at radius 3 is 2.26 bits per heavy atom. The first-order valence-corrected chi connectivity index (χ1v) is 6.46. The molecule has 1 nitrogen and oxygen atoms in total. The average Bonchev–Trinajstić information content (AvgIpc) is 2.43. The first kappa shape index (κ1) is 13.6. The third-order valence-electron chi connectivity index (χ3n) is 3.06. The Labute approximate surface area is 117 Å². The molecule has 1 unspecified atom stereocenters. The quantitative estimate of drug-likeness (QED) is 0.791. The predicted octanol–water partition coefficient (Wildman–Crippen LogP) is 4.72. The molecule has 0 aromatic heterocycles. The van der Waals surface area contributed by atoms with E-state index in [9.17, 15) is 9.65 Å². The van der Waals surface area contributed by atoms with Gasteiger partial charge in [0.15, 0.2) is 0 Å². The summed E-state index contributed by atoms with van der Waals surface area (Å²) in [6.07, 6.45) is 1.51. The molecule has 0 saturated carbocycles. The summed E-state index contributed by atoms with van der Waals surface area (Å²) >= 11 is 5.82. The molecule has 3 heteroatoms. The van der Waals surface area contributed by atoms with Crippen LogP contribution in [0, 0.1) is 17.1 Å². The van der Waals surface area contributed by atoms with E-state index in [1.54, 1.807) is 12.1 Å². The molecule has 2 rings (SSSR count). The zero-order chi connectivity index (χ0) is 13.7. The van der Waals surface area contributed by atoms with E-state index >= 15 is 0 Å². The van der Waals surface area contributed by atoms with Crippen molar-refractivity contribution in [3.63, 3.8) is 0 Å². The molecule has 0 aliphatic heterocycles. The second-order valence-electron chi connectivity index (χ2n) is 4.40. The highest BCUT2D eigenvalue weighted by atomic mass is 35.5. The van der Waals surface area contributed by atoms with E-state index < -0.39 is 0 Å². The first-order chi connectivity index (χ1) is 9.19. The maximum Gasteiger partial charge on any atom is 0.123 e. The fraction of sp³-hybridized carbons (Fsp3) is 0.188. The smallest absolute Gasteiger partial charge is 0.123 e. The third-order valence-corrected chi connectivity index (χ3v) is 3.32. The monoisotopic (exact) mass is 273 g/mol. The van der Waals surface area contributed by atoms with Crippen molar-refractivity contribution in [3.05, 3.63) is 70.5 Å². The molecule has 0 aliphatic carbocycles. The lowest BCUT2D eigenvalue weighted by Crippen LogP contribution is -1.98. The van der Waals surface area contributed by atoms with Crippen LogP contribution in [0.4, 0.5) is 4.39 Å². The van der Waals surface area contributed by atoms with Gasteiger partial charge in [0.05, 0.1) is 12.0 Å². The standard InChI is InChI=1S/C16H13ClFN/c17-15-7-2-12(3-8-15)1-4-14(11-19)13-5-9-16(18)10-6-13/h2-3,5-10,14H,1,4H2. The number of aryl methyl sites for hydroxylation is 1. The van der Waals surface area contributed by atoms with Crippen molar-refractivity contribution >= 4 is 11.6 Å². The average molecular weight is 274 g/mol. The minimum Gasteiger partial charge on any atom is -0.207 e. The number of halogens is 2. The van der Waals surface area contributed by atoms with Crippen molar-refractivity contribution in [2.45, 2.75) is 18.8 Å². The molecule has 1 atom stereocenters. The number of nitriles is 1. The van der Waals surface area contributed by atoms with Crippen LogP contribution in [-0.4, -0.2) is 0 Å². The van der Waals surface area contributed by atoms with Gasteiger partial charge in [-0.05, 0) is 48.2 Å². The van der Waals surface area contributed by atoms with Crippen LogP contribution < -0.4 is 0 Å². The molecule has 0 bridgehead atoms. The highest BCUT2D eigenvalue weighted by molar-refractivity contribution is 6.30. The van der Waals surface area contributed by atoms with E-state index in [4.69, 9.17) is 11.6 Å². The summed E-state index contributed by atoms with van der Waals surface area (Å²) in [4.78, 5) is 0. The molecule has 2 aromatic rings. The van der Waals surface area contributed by atoms with Crippen LogP contribution >= 0.6 is 11.6 Å². The minimum atomic E-state index is -0.279. The zero-order valence-electron chi connectivity index (χ0n) is 10.3. The van der Waals surface area contributed by atoms with Gasteiger partial charge in [0.2, 0.25) is 0 Å². The number of rotatable bonds is 4. The molecule has 0 N–H and O–H groups in total. The minimum absolute atomic E-state index is 0.212. The maximum absolute atomic E-state index is 12.8. The van der Waals surface area contributed by atoms with Gasteiger partial charge in [0.1, 0.15) is 5.82 Å². The van der Waals surface area contributed by atoms with Crippen LogP contribution in [0.5, 0.6) is 0 Å². The van der Waals surface area contributed by atoms with E-state index in [1.807, 2.05) is 24.3 Å². The van der Waals surface area contributed by atoms with Gasteiger partial charge in [-0.3, -0.25) is 0 Å². The Kier molecular flexibility index (Phi) is 4.54. The molecule has 96 valence electrons. The Morgan fingerprint density at radius 2 is 1.68 bits per heavy atom. The summed E-state index contributed by atoms with van der Waals surface area (Å²) in [5.74, 6) is -0.491. The van der Waals surface area contributed by atoms with Gasteiger partial charge >= 0.3 is 0 Å². The lowest BCUT2D eigenvalue weighted by Gasteiger charge is -2.09. The third kappa shape index (κ3) is 3.81. The molecular formula is C16H13ClFN. The Morgan fingerprint density at radius 1 is 1.05 bits per heavy atom. The molecule has 0 saturated heterocycles. The highest BCUT2D eigenvalue weighted by Gasteiger charge is 2.10. The fourth-order valence-electron chi connectivity index (χ4n) is 1.96. The molecule has 0 radical (unpaired) electrons. The van der Waals surface area contributed by atoms with Crippen LogP contribution in [0.15, 0.2) is 48.5 Å². The molecule has 19 heavy (non-hydrogen) atoms. The molecule has 0 aliphatic rings. The van der Waals surface area contributed by atoms with Gasteiger partial charge in [-0.25, -0.2) is 4.39 Å². The molecule has 0 fully saturated rings. The second kappa shape index (κ2) is 6.36. The molecular weight excluding hydrogens is 261 g/mol. The van der Waals surface area contributed by atoms with E-state index in [0.29, 0.717) is 11.4 Å². The van der Waals surface area contributed by atoms with Crippen molar-refractivity contribution in [2.75, 3.05) is 0 Å². The number of hydrogen-bond acceptors (Lipinski definition) is 1. The van der Waals surface area contributed by atoms with Crippen LogP contribution in [0.3, 0.4) is 0 Å². The SMILES string of the molecule is N#CC(CCc1ccc(Cl)cc1)c1ccc(F)cc1. The van der Waals surface area contributed by atoms with Gasteiger partial charge in [0.25, 0.3) is 0 Å². The van der Waals surface area contributed by atoms with Crippen molar-refractivity contribution in [1.82, 2.24) is 0 Å². The molecule has 0 heterocycles. The summed E-state index contributed by atoms with van der Waals surface area (Å²) < 4.78 is 12.8. The van der Waals surface area contributed by atoms with E-state index in [1.165, 1.54) is 12.1 Å².